The molecule has 3 heterocycles. The highest BCUT2D eigenvalue weighted by Crippen LogP contribution is 2.27. The van der Waals surface area contributed by atoms with E-state index in [0.29, 0.717) is 23.6 Å². The van der Waals surface area contributed by atoms with E-state index in [2.05, 4.69) is 11.9 Å². The van der Waals surface area contributed by atoms with Crippen LogP contribution < -0.4 is 5.56 Å². The van der Waals surface area contributed by atoms with Crippen LogP contribution in [0.2, 0.25) is 0 Å². The molecule has 0 aliphatic rings. The minimum Gasteiger partial charge on any atom is -0.444 e. The number of thiophene rings is 1. The van der Waals surface area contributed by atoms with Crippen molar-refractivity contribution in [2.75, 3.05) is 0 Å². The second-order valence-electron chi connectivity index (χ2n) is 6.13. The van der Waals surface area contributed by atoms with Gasteiger partial charge >= 0.3 is 0 Å². The van der Waals surface area contributed by atoms with Gasteiger partial charge in [-0.1, -0.05) is 43.3 Å². The molecule has 0 saturated carbocycles. The molecular formula is C20H19N3O2S2. The van der Waals surface area contributed by atoms with Crippen molar-refractivity contribution in [3.05, 3.63) is 64.1 Å². The maximum absolute atomic E-state index is 12.9. The molecule has 0 spiro atoms. The average molecular weight is 398 g/mol. The van der Waals surface area contributed by atoms with E-state index < -0.39 is 0 Å². The SMILES string of the molecule is CCCCn1c(SCc2coc(-c3cccs3)n2)nc2ccccc2c1=O. The van der Waals surface area contributed by atoms with Crippen molar-refractivity contribution in [2.45, 2.75) is 37.2 Å². The van der Waals surface area contributed by atoms with Gasteiger partial charge < -0.3 is 4.42 Å². The first kappa shape index (κ1) is 18.0. The van der Waals surface area contributed by atoms with Gasteiger partial charge in [-0.3, -0.25) is 9.36 Å². The summed E-state index contributed by atoms with van der Waals surface area (Å²) in [6.07, 6.45) is 3.65. The van der Waals surface area contributed by atoms with E-state index in [9.17, 15) is 4.79 Å². The minimum atomic E-state index is 0.0241. The van der Waals surface area contributed by atoms with Crippen LogP contribution in [0.5, 0.6) is 0 Å². The summed E-state index contributed by atoms with van der Waals surface area (Å²) in [5, 5.41) is 3.39. The Kier molecular flexibility index (Phi) is 5.40. The summed E-state index contributed by atoms with van der Waals surface area (Å²) in [7, 11) is 0. The van der Waals surface area contributed by atoms with E-state index >= 15 is 0 Å². The Labute approximate surface area is 165 Å². The van der Waals surface area contributed by atoms with E-state index in [1.807, 2.05) is 41.8 Å². The lowest BCUT2D eigenvalue weighted by Gasteiger charge is -2.12. The largest absolute Gasteiger partial charge is 0.444 e. The normalized spacial score (nSPS) is 11.3. The van der Waals surface area contributed by atoms with Crippen molar-refractivity contribution in [3.8, 4) is 10.8 Å². The van der Waals surface area contributed by atoms with E-state index in [4.69, 9.17) is 9.40 Å². The van der Waals surface area contributed by atoms with Gasteiger partial charge in [-0.05, 0) is 30.0 Å². The molecule has 0 N–H and O–H groups in total. The Balaban J connectivity index is 1.61. The third-order valence-corrected chi connectivity index (χ3v) is 6.06. The zero-order chi connectivity index (χ0) is 18.6. The summed E-state index contributed by atoms with van der Waals surface area (Å²) in [4.78, 5) is 23.2. The van der Waals surface area contributed by atoms with Crippen LogP contribution in [0.3, 0.4) is 0 Å². The zero-order valence-corrected chi connectivity index (χ0v) is 16.6. The highest BCUT2D eigenvalue weighted by Gasteiger charge is 2.13. The second-order valence-corrected chi connectivity index (χ2v) is 8.02. The molecule has 0 aliphatic heterocycles. The fourth-order valence-electron chi connectivity index (χ4n) is 2.80. The minimum absolute atomic E-state index is 0.0241. The Morgan fingerprint density at radius 3 is 2.89 bits per heavy atom. The maximum Gasteiger partial charge on any atom is 0.262 e. The smallest absolute Gasteiger partial charge is 0.262 e. The first-order valence-electron chi connectivity index (χ1n) is 8.87. The maximum atomic E-state index is 12.9. The third-order valence-electron chi connectivity index (χ3n) is 4.19. The first-order chi connectivity index (χ1) is 13.3. The Hall–Kier alpha value is -2.38. The highest BCUT2D eigenvalue weighted by atomic mass is 32.2. The molecule has 138 valence electrons. The lowest BCUT2D eigenvalue weighted by atomic mass is 10.2. The molecule has 27 heavy (non-hydrogen) atoms. The number of fused-ring (bicyclic) bond motifs is 1. The van der Waals surface area contributed by atoms with Crippen molar-refractivity contribution in [1.29, 1.82) is 0 Å². The fraction of sp³-hybridized carbons (Fsp3) is 0.250. The van der Waals surface area contributed by atoms with Crippen LogP contribution >= 0.6 is 23.1 Å². The molecule has 0 fully saturated rings. The Morgan fingerprint density at radius 2 is 2.07 bits per heavy atom. The molecule has 0 saturated heterocycles. The first-order valence-corrected chi connectivity index (χ1v) is 10.7. The summed E-state index contributed by atoms with van der Waals surface area (Å²) in [5.74, 6) is 1.24. The van der Waals surface area contributed by atoms with Crippen molar-refractivity contribution >= 4 is 34.0 Å². The van der Waals surface area contributed by atoms with Crippen LogP contribution in [0.15, 0.2) is 62.4 Å². The molecular weight excluding hydrogens is 378 g/mol. The summed E-state index contributed by atoms with van der Waals surface area (Å²) in [6, 6.07) is 11.5. The van der Waals surface area contributed by atoms with Crippen LogP contribution in [0.25, 0.3) is 21.7 Å². The van der Waals surface area contributed by atoms with Crippen LogP contribution in [-0.4, -0.2) is 14.5 Å². The predicted molar refractivity (Wildman–Crippen MR) is 110 cm³/mol. The van der Waals surface area contributed by atoms with Gasteiger partial charge in [0.2, 0.25) is 5.89 Å². The van der Waals surface area contributed by atoms with Crippen molar-refractivity contribution in [2.24, 2.45) is 0 Å². The molecule has 0 bridgehead atoms. The number of nitrogens with zero attached hydrogens (tertiary/aromatic N) is 3. The van der Waals surface area contributed by atoms with Crippen LogP contribution in [0.4, 0.5) is 0 Å². The molecule has 3 aromatic heterocycles. The standard InChI is InChI=1S/C20H19N3O2S2/c1-2-3-10-23-19(24)15-7-4-5-8-16(15)22-20(23)27-13-14-12-25-18(21-14)17-9-6-11-26-17/h4-9,11-12H,2-3,10,13H2,1H3. The topological polar surface area (TPSA) is 60.9 Å². The zero-order valence-electron chi connectivity index (χ0n) is 14.9. The van der Waals surface area contributed by atoms with Crippen LogP contribution in [0.1, 0.15) is 25.5 Å². The fourth-order valence-corrected chi connectivity index (χ4v) is 4.35. The summed E-state index contributed by atoms with van der Waals surface area (Å²) >= 11 is 3.12. The van der Waals surface area contributed by atoms with E-state index in [-0.39, 0.29) is 5.56 Å². The van der Waals surface area contributed by atoms with Crippen molar-refractivity contribution in [1.82, 2.24) is 14.5 Å². The average Bonchev–Trinajstić information content (AvgIpc) is 3.37. The lowest BCUT2D eigenvalue weighted by molar-refractivity contribution is 0.557. The molecule has 1 aromatic carbocycles. The number of benzene rings is 1. The van der Waals surface area contributed by atoms with E-state index in [0.717, 1.165) is 34.1 Å². The van der Waals surface area contributed by atoms with Gasteiger partial charge in [0, 0.05) is 12.3 Å². The number of hydrogen-bond donors (Lipinski definition) is 0. The number of aromatic nitrogens is 3. The monoisotopic (exact) mass is 397 g/mol. The number of thioether (sulfide) groups is 1. The molecule has 0 radical (unpaired) electrons. The van der Waals surface area contributed by atoms with Gasteiger partial charge in [0.1, 0.15) is 6.26 Å². The van der Waals surface area contributed by atoms with Gasteiger partial charge in [-0.25, -0.2) is 9.97 Å². The summed E-state index contributed by atoms with van der Waals surface area (Å²) in [5.41, 5.74) is 1.60. The summed E-state index contributed by atoms with van der Waals surface area (Å²) < 4.78 is 7.37. The van der Waals surface area contributed by atoms with Gasteiger partial charge in [-0.2, -0.15) is 0 Å². The lowest BCUT2D eigenvalue weighted by Crippen LogP contribution is -2.23. The molecule has 0 amide bonds. The number of para-hydroxylation sites is 1. The Bertz CT molecular complexity index is 1100. The van der Waals surface area contributed by atoms with Gasteiger partial charge in [0.15, 0.2) is 5.16 Å². The third kappa shape index (κ3) is 3.84. The Morgan fingerprint density at radius 1 is 1.19 bits per heavy atom. The molecule has 5 nitrogen and oxygen atoms in total. The molecule has 0 atom stereocenters. The molecule has 0 aliphatic carbocycles. The summed E-state index contributed by atoms with van der Waals surface area (Å²) in [6.45, 7) is 2.79. The van der Waals surface area contributed by atoms with Crippen LogP contribution in [0, 0.1) is 0 Å². The van der Waals surface area contributed by atoms with Crippen LogP contribution in [-0.2, 0) is 12.3 Å². The quantitative estimate of drug-likeness (QED) is 0.317. The van der Waals surface area contributed by atoms with Crippen molar-refractivity contribution < 1.29 is 4.42 Å². The van der Waals surface area contributed by atoms with Gasteiger partial charge in [0.25, 0.3) is 5.56 Å². The molecule has 7 heteroatoms. The number of unbranched alkanes of at least 4 members (excludes halogenated alkanes) is 1. The predicted octanol–water partition coefficient (Wildman–Crippen LogP) is 5.21. The molecule has 4 aromatic rings. The van der Waals surface area contributed by atoms with Crippen molar-refractivity contribution in [3.63, 3.8) is 0 Å². The van der Waals surface area contributed by atoms with Gasteiger partial charge in [-0.15, -0.1) is 11.3 Å². The number of oxazole rings is 1. The highest BCUT2D eigenvalue weighted by molar-refractivity contribution is 7.98. The molecule has 4 rings (SSSR count). The van der Waals surface area contributed by atoms with E-state index in [1.54, 1.807) is 22.2 Å². The second kappa shape index (κ2) is 8.10. The van der Waals surface area contributed by atoms with E-state index in [1.165, 1.54) is 11.8 Å². The number of rotatable bonds is 7. The number of hydrogen-bond acceptors (Lipinski definition) is 6. The van der Waals surface area contributed by atoms with Gasteiger partial charge in [0.05, 0.1) is 21.5 Å². The molecule has 0 unspecified atom stereocenters.